The molecule has 12 amide bonds. The first-order chi connectivity index (χ1) is 62.9. The lowest BCUT2D eigenvalue weighted by molar-refractivity contribution is -0.128. The molecule has 4 aromatic carbocycles. The van der Waals surface area contributed by atoms with Gasteiger partial charge in [-0.1, -0.05) is 45.9 Å². The molecular weight excluding hydrogens is 1800 g/mol. The number of benzene rings is 4. The number of urea groups is 4. The summed E-state index contributed by atoms with van der Waals surface area (Å²) in [6.45, 7) is 20.0. The molecule has 2 saturated heterocycles. The number of methoxy groups -OCH3 is 1. The van der Waals surface area contributed by atoms with Crippen molar-refractivity contribution in [2.75, 3.05) is 95.0 Å². The maximum absolute atomic E-state index is 14.1. The summed E-state index contributed by atoms with van der Waals surface area (Å²) >= 11 is 0. The molecule has 0 unspecified atom stereocenters. The standard InChI is InChI=1S/C23H32FN5O4S.C23H31N5O4S.C22H27N5O5S.C22H29N5O5S/c1-13(2)17-10-16(24)11-18(14(3)4)21(17)25-23(31)27-34(32,33)20-12-19(29(26-20)15(5)6)22(30)28-8-7-9-28;1-14(2)28-18(13-27(4)15(3)29)12-21(25-28)33(31,32)26-23(30)24-22-19-9-5-7-16(19)11-17-8-6-10-20(17)22;1-26-18(21(28)27-8-10-32-11-9-27)13-19(24-26)33(30,31)25-22(29)23-20-16-6-2-4-14(16)12-15-5-3-7-17(15)20;1-26(10-11-32-3)21(28)18-13-19(24-27(18)2)33(30,31)25-22(29)23-20-16-8-4-6-14(16)12-15-7-5-9-17(15)20/h10-15H,7-9H2,1-6H3,(H2,25,27,31);11-12,14H,5-10,13H2,1-4H3,(H2,24,26,30);12-13H,2-11H2,1H3,(H2,23,25,29);12-13H,4-11H2,1-3H3,(H2,23,25,29). The van der Waals surface area contributed by atoms with Gasteiger partial charge in [0.05, 0.1) is 32.1 Å². The fourth-order valence-corrected chi connectivity index (χ4v) is 21.6. The number of likely N-dealkylation sites (N-methyl/N-ethyl adjacent to an activating group) is 1. The van der Waals surface area contributed by atoms with Crippen LogP contribution in [0.5, 0.6) is 0 Å². The number of ether oxygens (including phenoxy) is 2. The second kappa shape index (κ2) is 41.0. The van der Waals surface area contributed by atoms with E-state index in [1.807, 2.05) is 51.0 Å². The van der Waals surface area contributed by atoms with Crippen molar-refractivity contribution in [3.63, 3.8) is 0 Å². The molecule has 16 rings (SSSR count). The van der Waals surface area contributed by atoms with Crippen molar-refractivity contribution < 1.29 is 85.9 Å². The van der Waals surface area contributed by atoms with Crippen LogP contribution in [-0.2, 0) is 152 Å². The van der Waals surface area contributed by atoms with Crippen LogP contribution in [0.2, 0.25) is 0 Å². The smallest absolute Gasteiger partial charge is 0.333 e. The van der Waals surface area contributed by atoms with Crippen LogP contribution in [0.25, 0.3) is 0 Å². The fourth-order valence-electron chi connectivity index (χ4n) is 18.1. The van der Waals surface area contributed by atoms with Crippen molar-refractivity contribution >= 4 is 111 Å². The minimum absolute atomic E-state index is 0.0908. The third-order valence-electron chi connectivity index (χ3n) is 25.0. The van der Waals surface area contributed by atoms with Gasteiger partial charge >= 0.3 is 24.1 Å². The highest BCUT2D eigenvalue weighted by atomic mass is 32.2. The molecule has 6 heterocycles. The van der Waals surface area contributed by atoms with Crippen molar-refractivity contribution in [1.29, 1.82) is 0 Å². The Hall–Kier alpha value is -11.7. The summed E-state index contributed by atoms with van der Waals surface area (Å²) in [4.78, 5) is 107. The molecular formula is C90H119FN20O18S4. The average Bonchev–Trinajstić information content (AvgIpc) is 1.65. The Bertz CT molecular complexity index is 6240. The van der Waals surface area contributed by atoms with Crippen molar-refractivity contribution in [2.24, 2.45) is 14.1 Å². The predicted molar refractivity (Wildman–Crippen MR) is 493 cm³/mol. The van der Waals surface area contributed by atoms with E-state index in [1.165, 1.54) is 122 Å². The van der Waals surface area contributed by atoms with Gasteiger partial charge in [0.1, 0.15) is 22.9 Å². The number of rotatable bonds is 24. The van der Waals surface area contributed by atoms with E-state index in [1.54, 1.807) is 42.4 Å². The highest BCUT2D eigenvalue weighted by Gasteiger charge is 2.37. The number of halogens is 1. The van der Waals surface area contributed by atoms with Crippen LogP contribution in [0.3, 0.4) is 0 Å². The van der Waals surface area contributed by atoms with Crippen LogP contribution in [-0.4, -0.2) is 214 Å². The van der Waals surface area contributed by atoms with Crippen molar-refractivity contribution in [1.82, 2.24) is 77.6 Å². The van der Waals surface area contributed by atoms with E-state index in [2.05, 4.69) is 69.3 Å². The van der Waals surface area contributed by atoms with Gasteiger partial charge in [-0.05, 0) is 252 Å². The Morgan fingerprint density at radius 2 is 0.752 bits per heavy atom. The van der Waals surface area contributed by atoms with Crippen LogP contribution < -0.4 is 40.2 Å². The first-order valence-electron chi connectivity index (χ1n) is 45.0. The molecule has 2 aliphatic heterocycles. The molecule has 0 saturated carbocycles. The van der Waals surface area contributed by atoms with Crippen LogP contribution in [0, 0.1) is 5.82 Å². The Morgan fingerprint density at radius 1 is 0.421 bits per heavy atom. The summed E-state index contributed by atoms with van der Waals surface area (Å²) in [5, 5.41) is 25.9. The van der Waals surface area contributed by atoms with Gasteiger partial charge in [-0.2, -0.15) is 54.1 Å². The third-order valence-corrected chi connectivity index (χ3v) is 29.8. The number of likely N-dealkylation sites (tertiary alicyclic amines) is 1. The number of anilines is 4. The van der Waals surface area contributed by atoms with Gasteiger partial charge in [-0.25, -0.2) is 42.5 Å². The topological polar surface area (TPSA) is 472 Å². The third kappa shape index (κ3) is 22.4. The normalized spacial score (nSPS) is 15.2. The summed E-state index contributed by atoms with van der Waals surface area (Å²) in [7, 11) is -9.37. The van der Waals surface area contributed by atoms with E-state index in [0.717, 1.165) is 172 Å². The lowest BCUT2D eigenvalue weighted by Crippen LogP contribution is -2.43. The molecule has 8 aromatic rings. The van der Waals surface area contributed by atoms with Crippen LogP contribution in [0.1, 0.15) is 246 Å². The quantitative estimate of drug-likeness (QED) is 0.0279. The van der Waals surface area contributed by atoms with Crippen molar-refractivity contribution in [3.8, 4) is 0 Å². The zero-order valence-corrected chi connectivity index (χ0v) is 80.8. The predicted octanol–water partition coefficient (Wildman–Crippen LogP) is 10.1. The van der Waals surface area contributed by atoms with Crippen LogP contribution >= 0.6 is 0 Å². The monoisotopic (exact) mass is 1910 g/mol. The number of carbonyl (C=O) groups is 8. The highest BCUT2D eigenvalue weighted by molar-refractivity contribution is 7.90. The van der Waals surface area contributed by atoms with Crippen LogP contribution in [0.15, 0.2) is 74.7 Å². The zero-order valence-electron chi connectivity index (χ0n) is 77.5. The Balaban J connectivity index is 0.000000151. The second-order valence-corrected chi connectivity index (χ2v) is 42.3. The van der Waals surface area contributed by atoms with Gasteiger partial charge < -0.3 is 50.3 Å². The van der Waals surface area contributed by atoms with Crippen molar-refractivity contribution in [2.45, 2.75) is 235 Å². The SMILES string of the molecule is CC(=O)N(C)Cc1cc(S(=O)(=O)NC(=O)Nc2c3c(cc4c2CCC4)CCC3)nn1C(C)C.CC(C)c1cc(F)cc(C(C)C)c1NC(=O)NS(=O)(=O)c1cc(C(=O)N2CCC2)n(C(C)C)n1.COCCN(C)C(=O)c1cc(S(=O)(=O)NC(=O)Nc2c3c(cc4c2CCC4)CCC3)nn1C.Cn1nc(S(=O)(=O)NC(=O)Nc2c3c(cc4c2CCC4)CCC3)cc1C(=O)N1CCOCC1. The highest BCUT2D eigenvalue weighted by Crippen LogP contribution is 2.43. The summed E-state index contributed by atoms with van der Waals surface area (Å²) in [6.07, 6.45) is 18.2. The lowest BCUT2D eigenvalue weighted by Gasteiger charge is -2.31. The average molecular weight is 1920 g/mol. The number of nitrogens with zero attached hydrogens (tertiary/aromatic N) is 12. The van der Waals surface area contributed by atoms with Gasteiger partial charge in [0.25, 0.3) is 57.8 Å². The molecule has 718 valence electrons. The first-order valence-corrected chi connectivity index (χ1v) is 50.9. The lowest BCUT2D eigenvalue weighted by atomic mass is 9.92. The maximum atomic E-state index is 14.1. The molecule has 0 spiro atoms. The molecule has 4 aromatic heterocycles. The number of aryl methyl sites for hydroxylation is 8. The Labute approximate surface area is 774 Å². The van der Waals surface area contributed by atoms with E-state index < -0.39 is 86.0 Å². The maximum Gasteiger partial charge on any atom is 0.333 e. The molecule has 0 bridgehead atoms. The summed E-state index contributed by atoms with van der Waals surface area (Å²) in [5.74, 6) is -1.82. The van der Waals surface area contributed by atoms with E-state index >= 15 is 0 Å². The number of morpholine rings is 1. The second-order valence-electron chi connectivity index (χ2n) is 35.8. The molecule has 2 fully saturated rings. The zero-order chi connectivity index (χ0) is 96.2. The number of sulfonamides is 4. The van der Waals surface area contributed by atoms with E-state index in [4.69, 9.17) is 9.47 Å². The number of hydrogen-bond acceptors (Lipinski definition) is 22. The molecule has 38 nitrogen and oxygen atoms in total. The number of aromatic nitrogens is 8. The fraction of sp³-hybridized carbons (Fsp3) is 0.511. The number of nitrogens with one attached hydrogen (secondary N) is 8. The van der Waals surface area contributed by atoms with Gasteiger partial charge in [0.2, 0.25) is 5.91 Å². The largest absolute Gasteiger partial charge is 0.383 e. The Kier molecular flexibility index (Phi) is 30.5. The van der Waals surface area contributed by atoms with Crippen LogP contribution in [0.4, 0.5) is 46.3 Å². The van der Waals surface area contributed by atoms with Gasteiger partial charge in [0.15, 0.2) is 20.1 Å². The molecule has 8 aliphatic rings. The molecule has 43 heteroatoms. The van der Waals surface area contributed by atoms with E-state index in [0.29, 0.717) is 75.1 Å². The first kappa shape index (κ1) is 98.8. The number of carbonyl (C=O) groups excluding carboxylic acids is 8. The number of fused-ring (bicyclic) bond motifs is 6. The molecule has 0 radical (unpaired) electrons. The van der Waals surface area contributed by atoms with E-state index in [9.17, 15) is 76.4 Å². The minimum atomic E-state index is -4.38. The minimum Gasteiger partial charge on any atom is -0.383 e. The summed E-state index contributed by atoms with van der Waals surface area (Å²) < 4.78 is 141. The van der Waals surface area contributed by atoms with Gasteiger partial charge in [-0.3, -0.25) is 37.9 Å². The molecule has 0 atom stereocenters. The van der Waals surface area contributed by atoms with Gasteiger partial charge in [0, 0.05) is 134 Å². The number of hydrogen-bond donors (Lipinski definition) is 8. The van der Waals surface area contributed by atoms with Crippen molar-refractivity contribution in [3.05, 3.63) is 161 Å². The molecule has 133 heavy (non-hydrogen) atoms. The van der Waals surface area contributed by atoms with E-state index in [-0.39, 0.29) is 75.3 Å². The summed E-state index contributed by atoms with van der Waals surface area (Å²) in [5.41, 5.74) is 18.9. The molecule has 8 N–H and O–H groups in total. The Morgan fingerprint density at radius 3 is 1.11 bits per heavy atom. The number of amides is 12. The van der Waals surface area contributed by atoms with Gasteiger partial charge in [-0.15, -0.1) is 0 Å². The summed E-state index contributed by atoms with van der Waals surface area (Å²) in [6, 6.07) is 10.5. The molecule has 6 aliphatic carbocycles.